The highest BCUT2D eigenvalue weighted by atomic mass is 16.3. The van der Waals surface area contributed by atoms with E-state index in [4.69, 9.17) is 0 Å². The average molecular weight is 435 g/mol. The number of aromatic nitrogens is 6. The van der Waals surface area contributed by atoms with Crippen molar-refractivity contribution >= 4 is 11.9 Å². The van der Waals surface area contributed by atoms with E-state index in [0.29, 0.717) is 23.8 Å². The second-order valence-corrected chi connectivity index (χ2v) is 9.14. The minimum absolute atomic E-state index is 0.0689. The highest BCUT2D eigenvalue weighted by Gasteiger charge is 2.45. The molecule has 4 heterocycles. The number of aryl methyl sites for hydroxylation is 1. The van der Waals surface area contributed by atoms with E-state index < -0.39 is 0 Å². The van der Waals surface area contributed by atoms with Crippen molar-refractivity contribution in [1.29, 1.82) is 0 Å². The molecule has 2 N–H and O–H groups in total. The predicted molar refractivity (Wildman–Crippen MR) is 115 cm³/mol. The quantitative estimate of drug-likeness (QED) is 0.590. The maximum Gasteiger partial charge on any atom is 0.255 e. The van der Waals surface area contributed by atoms with Gasteiger partial charge in [-0.2, -0.15) is 5.10 Å². The molecule has 1 aliphatic heterocycles. The number of amides is 1. The second kappa shape index (κ2) is 7.40. The molecule has 32 heavy (non-hydrogen) atoms. The minimum Gasteiger partial charge on any atom is -0.390 e. The number of anilines is 1. The van der Waals surface area contributed by atoms with Crippen LogP contribution in [0.25, 0.3) is 0 Å². The molecule has 0 bridgehead atoms. The van der Waals surface area contributed by atoms with E-state index in [9.17, 15) is 9.90 Å². The fourth-order valence-corrected chi connectivity index (χ4v) is 5.03. The fraction of sp³-hybridized carbons (Fsp3) is 0.500. The fourth-order valence-electron chi connectivity index (χ4n) is 5.03. The van der Waals surface area contributed by atoms with E-state index in [2.05, 4.69) is 30.3 Å². The number of carbonyl (C=O) groups is 1. The van der Waals surface area contributed by atoms with Gasteiger partial charge in [0.1, 0.15) is 0 Å². The molecule has 0 spiro atoms. The average Bonchev–Trinajstić information content (AvgIpc) is 3.27. The molecule has 0 radical (unpaired) electrons. The largest absolute Gasteiger partial charge is 0.390 e. The molecule has 3 aromatic heterocycles. The summed E-state index contributed by atoms with van der Waals surface area (Å²) < 4.78 is 3.69. The molecule has 3 aromatic rings. The molecule has 2 fully saturated rings. The van der Waals surface area contributed by atoms with Crippen LogP contribution in [0.4, 0.5) is 5.95 Å². The Labute approximate surface area is 185 Å². The number of piperidine rings is 1. The van der Waals surface area contributed by atoms with E-state index >= 15 is 0 Å². The van der Waals surface area contributed by atoms with E-state index in [0.717, 1.165) is 49.0 Å². The van der Waals surface area contributed by atoms with Gasteiger partial charge in [-0.15, -0.1) is 0 Å². The zero-order valence-corrected chi connectivity index (χ0v) is 18.0. The first-order valence-corrected chi connectivity index (χ1v) is 11.1. The number of hydrogen-bond donors (Lipinski definition) is 2. The normalized spacial score (nSPS) is 23.3. The predicted octanol–water partition coefficient (Wildman–Crippen LogP) is 0.821. The number of aliphatic hydroxyl groups excluding tert-OH is 1. The monoisotopic (exact) mass is 434 g/mol. The Morgan fingerprint density at radius 1 is 1.25 bits per heavy atom. The van der Waals surface area contributed by atoms with E-state index in [1.165, 1.54) is 12.1 Å². The van der Waals surface area contributed by atoms with Crippen LogP contribution in [0.15, 0.2) is 24.9 Å². The number of aliphatic hydroxyl groups is 1. The van der Waals surface area contributed by atoms with Crippen LogP contribution in [-0.4, -0.2) is 53.4 Å². The Hall–Kier alpha value is -3.27. The highest BCUT2D eigenvalue weighted by molar-refractivity contribution is 5.94. The van der Waals surface area contributed by atoms with Gasteiger partial charge < -0.3 is 19.9 Å². The topological polar surface area (TPSA) is 114 Å². The molecule has 1 amide bonds. The summed E-state index contributed by atoms with van der Waals surface area (Å²) in [7, 11) is 1.98. The van der Waals surface area contributed by atoms with Crippen LogP contribution in [0, 0.1) is 11.8 Å². The summed E-state index contributed by atoms with van der Waals surface area (Å²) >= 11 is 0. The molecule has 3 atom stereocenters. The van der Waals surface area contributed by atoms with Gasteiger partial charge in [0.05, 0.1) is 48.7 Å². The number of fused-ring (bicyclic) bond motifs is 2. The SMILES string of the molecule is Cn1cnc2c1CC[C@H]2NC(=O)c1cnn(Cc2cnc(N3CC4CC4C3)nc2CO)c1. The zero-order chi connectivity index (χ0) is 21.8. The molecule has 0 aromatic carbocycles. The minimum atomic E-state index is -0.165. The summed E-state index contributed by atoms with van der Waals surface area (Å²) in [5.74, 6) is 2.10. The van der Waals surface area contributed by atoms with Crippen LogP contribution < -0.4 is 10.2 Å². The molecule has 2 unspecified atom stereocenters. The van der Waals surface area contributed by atoms with Gasteiger partial charge in [0.15, 0.2) is 0 Å². The van der Waals surface area contributed by atoms with Crippen molar-refractivity contribution in [2.24, 2.45) is 18.9 Å². The summed E-state index contributed by atoms with van der Waals surface area (Å²) in [6, 6.07) is -0.0689. The molecule has 1 saturated carbocycles. The number of nitrogens with zero attached hydrogens (tertiary/aromatic N) is 7. The van der Waals surface area contributed by atoms with Crippen LogP contribution in [-0.2, 0) is 26.6 Å². The third-order valence-electron chi connectivity index (χ3n) is 6.98. The Kier molecular flexibility index (Phi) is 4.49. The highest BCUT2D eigenvalue weighted by Crippen LogP contribution is 2.45. The van der Waals surface area contributed by atoms with Gasteiger partial charge in [-0.3, -0.25) is 9.48 Å². The van der Waals surface area contributed by atoms with Crippen molar-refractivity contribution in [3.05, 3.63) is 53.1 Å². The van der Waals surface area contributed by atoms with Crippen LogP contribution in [0.1, 0.15) is 51.9 Å². The number of nitrogens with one attached hydrogen (secondary N) is 1. The maximum absolute atomic E-state index is 12.8. The Balaban J connectivity index is 1.13. The second-order valence-electron chi connectivity index (χ2n) is 9.14. The lowest BCUT2D eigenvalue weighted by Crippen LogP contribution is -2.27. The molecule has 166 valence electrons. The Morgan fingerprint density at radius 2 is 2.09 bits per heavy atom. The van der Waals surface area contributed by atoms with Gasteiger partial charge in [-0.05, 0) is 31.1 Å². The van der Waals surface area contributed by atoms with E-state index in [1.54, 1.807) is 29.6 Å². The van der Waals surface area contributed by atoms with Gasteiger partial charge >= 0.3 is 0 Å². The summed E-state index contributed by atoms with van der Waals surface area (Å²) in [6.07, 6.45) is 9.92. The van der Waals surface area contributed by atoms with Crippen LogP contribution in [0.3, 0.4) is 0 Å². The Morgan fingerprint density at radius 3 is 2.91 bits per heavy atom. The third-order valence-corrected chi connectivity index (χ3v) is 6.98. The summed E-state index contributed by atoms with van der Waals surface area (Å²) in [5, 5.41) is 17.3. The van der Waals surface area contributed by atoms with Gasteiger partial charge in [0, 0.05) is 43.8 Å². The number of hydrogen-bond acceptors (Lipinski definition) is 7. The van der Waals surface area contributed by atoms with Crippen LogP contribution >= 0.6 is 0 Å². The summed E-state index contributed by atoms with van der Waals surface area (Å²) in [5.41, 5.74) is 4.02. The molecule has 10 heteroatoms. The van der Waals surface area contributed by atoms with Gasteiger partial charge in [-0.1, -0.05) is 0 Å². The number of imidazole rings is 1. The van der Waals surface area contributed by atoms with Crippen molar-refractivity contribution in [2.45, 2.75) is 38.5 Å². The van der Waals surface area contributed by atoms with Crippen molar-refractivity contribution in [3.63, 3.8) is 0 Å². The zero-order valence-electron chi connectivity index (χ0n) is 18.0. The number of rotatable bonds is 6. The lowest BCUT2D eigenvalue weighted by atomic mass is 10.2. The first-order valence-electron chi connectivity index (χ1n) is 11.1. The third kappa shape index (κ3) is 3.35. The lowest BCUT2D eigenvalue weighted by molar-refractivity contribution is 0.0936. The molecule has 3 aliphatic rings. The van der Waals surface area contributed by atoms with E-state index in [1.807, 2.05) is 11.6 Å². The van der Waals surface area contributed by atoms with Gasteiger partial charge in [0.2, 0.25) is 5.95 Å². The van der Waals surface area contributed by atoms with Crippen LogP contribution in [0.5, 0.6) is 0 Å². The van der Waals surface area contributed by atoms with Crippen molar-refractivity contribution < 1.29 is 9.90 Å². The van der Waals surface area contributed by atoms with Crippen LogP contribution in [0.2, 0.25) is 0 Å². The lowest BCUT2D eigenvalue weighted by Gasteiger charge is -2.19. The molecular formula is C22H26N8O2. The van der Waals surface area contributed by atoms with Gasteiger partial charge in [0.25, 0.3) is 5.91 Å². The van der Waals surface area contributed by atoms with Crippen molar-refractivity contribution in [3.8, 4) is 0 Å². The number of carbonyl (C=O) groups excluding carboxylic acids is 1. The molecule has 10 nitrogen and oxygen atoms in total. The summed E-state index contributed by atoms with van der Waals surface area (Å²) in [4.78, 5) is 28.5. The molecule has 6 rings (SSSR count). The summed E-state index contributed by atoms with van der Waals surface area (Å²) in [6.45, 7) is 2.25. The smallest absolute Gasteiger partial charge is 0.255 e. The van der Waals surface area contributed by atoms with Crippen molar-refractivity contribution in [2.75, 3.05) is 18.0 Å². The molecule has 1 saturated heterocycles. The van der Waals surface area contributed by atoms with Crippen molar-refractivity contribution in [1.82, 2.24) is 34.6 Å². The molecular weight excluding hydrogens is 408 g/mol. The Bertz CT molecular complexity index is 1170. The first kappa shape index (κ1) is 19.4. The van der Waals surface area contributed by atoms with E-state index in [-0.39, 0.29) is 18.6 Å². The van der Waals surface area contributed by atoms with Gasteiger partial charge in [-0.25, -0.2) is 15.0 Å². The standard InChI is InChI=1S/C22H26N8O2/c1-28-12-24-20-17(2-3-19(20)28)26-21(32)16-6-25-30(10-16)9-15-5-23-22(27-18(15)11-31)29-7-13-4-14(13)8-29/h5-6,10,12-14,17,31H,2-4,7-9,11H2,1H3,(H,26,32)/t13?,14?,17-/m1/s1. The maximum atomic E-state index is 12.8. The molecule has 2 aliphatic carbocycles. The first-order chi connectivity index (χ1) is 15.6.